The van der Waals surface area contributed by atoms with Crippen molar-refractivity contribution in [1.29, 1.82) is 0 Å². The molecule has 0 aliphatic carbocycles. The zero-order valence-corrected chi connectivity index (χ0v) is 9.84. The van der Waals surface area contributed by atoms with Crippen molar-refractivity contribution < 1.29 is 18.4 Å². The summed E-state index contributed by atoms with van der Waals surface area (Å²) in [4.78, 5) is 13.9. The van der Waals surface area contributed by atoms with Crippen LogP contribution < -0.4 is 16.0 Å². The molecule has 2 rings (SSSR count). The van der Waals surface area contributed by atoms with Crippen molar-refractivity contribution in [3.8, 4) is 11.6 Å². The predicted molar refractivity (Wildman–Crippen MR) is 65.1 cm³/mol. The van der Waals surface area contributed by atoms with Gasteiger partial charge in [-0.15, -0.1) is 0 Å². The Kier molecular flexibility index (Phi) is 3.71. The minimum atomic E-state index is -1.14. The third-order valence-corrected chi connectivity index (χ3v) is 2.29. The third kappa shape index (κ3) is 2.78. The quantitative estimate of drug-likeness (QED) is 0.507. The topological polar surface area (TPSA) is 103 Å². The highest BCUT2D eigenvalue weighted by Gasteiger charge is 2.19. The summed E-state index contributed by atoms with van der Waals surface area (Å²) in [7, 11) is 0. The number of ether oxygens (including phenoxy) is 1. The normalized spacial score (nSPS) is 10.2. The van der Waals surface area contributed by atoms with E-state index in [1.807, 2.05) is 0 Å². The number of hydrogen-bond donors (Lipinski definition) is 2. The molecule has 1 aromatic carbocycles. The molecule has 3 N–H and O–H groups in total. The van der Waals surface area contributed by atoms with Gasteiger partial charge in [-0.3, -0.25) is 10.1 Å². The lowest BCUT2D eigenvalue weighted by Crippen LogP contribution is -2.09. The standard InChI is InChI=1S/C11H8F2N4O3/c12-7-2-1-6(5-8(7)13)20-11-9(17(18)19)3-4-10(15-11)16-14/h1-5H,14H2,(H,15,16). The molecular formula is C11H8F2N4O3. The second-order valence-corrected chi connectivity index (χ2v) is 3.60. The molecule has 104 valence electrons. The first-order valence-electron chi connectivity index (χ1n) is 5.26. The molecule has 0 amide bonds. The molecule has 0 aliphatic rings. The average Bonchev–Trinajstić information content (AvgIpc) is 2.42. The number of pyridine rings is 1. The fourth-order valence-electron chi connectivity index (χ4n) is 1.38. The van der Waals surface area contributed by atoms with Crippen LogP contribution in [-0.4, -0.2) is 9.91 Å². The van der Waals surface area contributed by atoms with Crippen LogP contribution in [0.15, 0.2) is 30.3 Å². The van der Waals surface area contributed by atoms with E-state index in [1.165, 1.54) is 6.07 Å². The number of aromatic nitrogens is 1. The molecule has 1 aromatic heterocycles. The summed E-state index contributed by atoms with van der Waals surface area (Å²) in [6.07, 6.45) is 0. The minimum Gasteiger partial charge on any atom is -0.434 e. The fourth-order valence-corrected chi connectivity index (χ4v) is 1.38. The number of nitrogens with one attached hydrogen (secondary N) is 1. The summed E-state index contributed by atoms with van der Waals surface area (Å²) >= 11 is 0. The number of nitrogens with zero attached hydrogens (tertiary/aromatic N) is 2. The van der Waals surface area contributed by atoms with Gasteiger partial charge in [0, 0.05) is 12.1 Å². The first kappa shape index (κ1) is 13.6. The second kappa shape index (κ2) is 5.45. The SMILES string of the molecule is NNc1ccc([N+](=O)[O-])c(Oc2ccc(F)c(F)c2)n1. The van der Waals surface area contributed by atoms with Crippen LogP contribution in [0.25, 0.3) is 0 Å². The molecule has 0 spiro atoms. The predicted octanol–water partition coefficient (Wildman–Crippen LogP) is 2.35. The van der Waals surface area contributed by atoms with Crippen LogP contribution in [0.4, 0.5) is 20.3 Å². The lowest BCUT2D eigenvalue weighted by Gasteiger charge is -2.07. The van der Waals surface area contributed by atoms with Gasteiger partial charge in [0.05, 0.1) is 4.92 Å². The summed E-state index contributed by atoms with van der Waals surface area (Å²) in [5, 5.41) is 10.8. The number of benzene rings is 1. The van der Waals surface area contributed by atoms with Crippen LogP contribution in [0.1, 0.15) is 0 Å². The van der Waals surface area contributed by atoms with Crippen molar-refractivity contribution in [1.82, 2.24) is 4.98 Å². The van der Waals surface area contributed by atoms with Crippen LogP contribution in [0, 0.1) is 21.7 Å². The molecule has 0 saturated heterocycles. The number of nitrogen functional groups attached to an aromatic ring is 1. The maximum Gasteiger partial charge on any atom is 0.331 e. The molecule has 1 heterocycles. The molecule has 0 fully saturated rings. The molecule has 0 atom stereocenters. The fraction of sp³-hybridized carbons (Fsp3) is 0. The van der Waals surface area contributed by atoms with E-state index in [0.717, 1.165) is 24.3 Å². The Bertz CT molecular complexity index is 666. The van der Waals surface area contributed by atoms with Gasteiger partial charge in [0.15, 0.2) is 11.6 Å². The molecule has 0 saturated carbocycles. The molecule has 7 nitrogen and oxygen atoms in total. The van der Waals surface area contributed by atoms with Gasteiger partial charge >= 0.3 is 11.6 Å². The Morgan fingerprint density at radius 2 is 2.00 bits per heavy atom. The lowest BCUT2D eigenvalue weighted by atomic mass is 10.3. The number of rotatable bonds is 4. The highest BCUT2D eigenvalue weighted by atomic mass is 19.2. The van der Waals surface area contributed by atoms with Crippen LogP contribution >= 0.6 is 0 Å². The van der Waals surface area contributed by atoms with E-state index in [9.17, 15) is 18.9 Å². The number of hydrogen-bond acceptors (Lipinski definition) is 6. The van der Waals surface area contributed by atoms with Gasteiger partial charge in [-0.25, -0.2) is 14.6 Å². The van der Waals surface area contributed by atoms with Crippen molar-refractivity contribution in [3.63, 3.8) is 0 Å². The largest absolute Gasteiger partial charge is 0.434 e. The molecule has 0 aliphatic heterocycles. The van der Waals surface area contributed by atoms with Gasteiger partial charge in [-0.2, -0.15) is 4.98 Å². The Morgan fingerprint density at radius 1 is 1.25 bits per heavy atom. The van der Waals surface area contributed by atoms with Gasteiger partial charge in [0.2, 0.25) is 0 Å². The van der Waals surface area contributed by atoms with E-state index >= 15 is 0 Å². The zero-order valence-electron chi connectivity index (χ0n) is 9.84. The van der Waals surface area contributed by atoms with Gasteiger partial charge in [0.1, 0.15) is 11.6 Å². The van der Waals surface area contributed by atoms with E-state index < -0.39 is 28.1 Å². The van der Waals surface area contributed by atoms with Crippen molar-refractivity contribution >= 4 is 11.5 Å². The van der Waals surface area contributed by atoms with Crippen LogP contribution in [-0.2, 0) is 0 Å². The Morgan fingerprint density at radius 3 is 2.60 bits per heavy atom. The first-order valence-corrected chi connectivity index (χ1v) is 5.26. The van der Waals surface area contributed by atoms with Crippen molar-refractivity contribution in [2.24, 2.45) is 5.84 Å². The molecule has 0 radical (unpaired) electrons. The van der Waals surface area contributed by atoms with Crippen LogP contribution in [0.2, 0.25) is 0 Å². The van der Waals surface area contributed by atoms with Gasteiger partial charge in [0.25, 0.3) is 0 Å². The summed E-state index contributed by atoms with van der Waals surface area (Å²) in [5.74, 6) is 2.53. The summed E-state index contributed by atoms with van der Waals surface area (Å²) in [5.41, 5.74) is 1.76. The van der Waals surface area contributed by atoms with Gasteiger partial charge in [-0.1, -0.05) is 0 Å². The minimum absolute atomic E-state index is 0.119. The summed E-state index contributed by atoms with van der Waals surface area (Å²) in [6.45, 7) is 0. The Balaban J connectivity index is 2.40. The summed E-state index contributed by atoms with van der Waals surface area (Å²) in [6, 6.07) is 5.10. The maximum absolute atomic E-state index is 13.0. The molecule has 20 heavy (non-hydrogen) atoms. The van der Waals surface area contributed by atoms with Crippen molar-refractivity contribution in [2.75, 3.05) is 5.43 Å². The molecule has 9 heteroatoms. The molecule has 2 aromatic rings. The smallest absolute Gasteiger partial charge is 0.331 e. The van der Waals surface area contributed by atoms with Crippen molar-refractivity contribution in [3.05, 3.63) is 52.1 Å². The van der Waals surface area contributed by atoms with E-state index in [1.54, 1.807) is 0 Å². The van der Waals surface area contributed by atoms with Gasteiger partial charge in [-0.05, 0) is 18.2 Å². The second-order valence-electron chi connectivity index (χ2n) is 3.60. The third-order valence-electron chi connectivity index (χ3n) is 2.29. The van der Waals surface area contributed by atoms with Crippen LogP contribution in [0.5, 0.6) is 11.6 Å². The number of nitrogens with two attached hydrogens (primary N) is 1. The van der Waals surface area contributed by atoms with Crippen LogP contribution in [0.3, 0.4) is 0 Å². The highest BCUT2D eigenvalue weighted by Crippen LogP contribution is 2.31. The molecule has 0 bridgehead atoms. The average molecular weight is 282 g/mol. The van der Waals surface area contributed by atoms with Crippen molar-refractivity contribution in [2.45, 2.75) is 0 Å². The molecule has 0 unspecified atom stereocenters. The molecular weight excluding hydrogens is 274 g/mol. The number of halogens is 2. The first-order chi connectivity index (χ1) is 9.51. The van der Waals surface area contributed by atoms with E-state index in [2.05, 4.69) is 10.4 Å². The summed E-state index contributed by atoms with van der Waals surface area (Å²) < 4.78 is 30.9. The lowest BCUT2D eigenvalue weighted by molar-refractivity contribution is -0.386. The number of nitro groups is 1. The number of anilines is 1. The van der Waals surface area contributed by atoms with E-state index in [-0.39, 0.29) is 11.6 Å². The monoisotopic (exact) mass is 282 g/mol. The Labute approximate surface area is 111 Å². The maximum atomic E-state index is 13.0. The number of hydrazine groups is 1. The zero-order chi connectivity index (χ0) is 14.7. The van der Waals surface area contributed by atoms with E-state index in [0.29, 0.717) is 0 Å². The highest BCUT2D eigenvalue weighted by molar-refractivity contribution is 5.50. The van der Waals surface area contributed by atoms with E-state index in [4.69, 9.17) is 10.6 Å². The Hall–Kier alpha value is -2.81. The van der Waals surface area contributed by atoms with Gasteiger partial charge < -0.3 is 10.2 Å².